The molecule has 0 aromatic heterocycles. The number of carboxylic acids is 1. The van der Waals surface area contributed by atoms with Gasteiger partial charge in [-0.3, -0.25) is 14.4 Å². The normalized spacial score (nSPS) is 21.0. The highest BCUT2D eigenvalue weighted by Crippen LogP contribution is 2.32. The predicted molar refractivity (Wildman–Crippen MR) is 131 cm³/mol. The number of carboxylic acid groups (broad SMARTS) is 1. The van der Waals surface area contributed by atoms with E-state index in [4.69, 9.17) is 0 Å². The molecule has 2 aromatic carbocycles. The van der Waals surface area contributed by atoms with Crippen LogP contribution in [0.3, 0.4) is 0 Å². The first-order chi connectivity index (χ1) is 17.7. The van der Waals surface area contributed by atoms with E-state index in [1.807, 2.05) is 37.3 Å². The summed E-state index contributed by atoms with van der Waals surface area (Å²) in [6, 6.07) is 13.2. The van der Waals surface area contributed by atoms with Gasteiger partial charge >= 0.3 is 12.0 Å². The number of halogens is 1. The third kappa shape index (κ3) is 5.56. The number of likely N-dealkylation sites (N-methyl/N-ethyl adjacent to an activating group) is 1. The van der Waals surface area contributed by atoms with Gasteiger partial charge in [-0.15, -0.1) is 0 Å². The number of carbonyl (C=O) groups is 4. The van der Waals surface area contributed by atoms with Gasteiger partial charge in [0.2, 0.25) is 11.8 Å². The fourth-order valence-corrected chi connectivity index (χ4v) is 4.92. The van der Waals surface area contributed by atoms with Crippen molar-refractivity contribution in [3.8, 4) is 0 Å². The number of hydrazine groups is 1. The van der Waals surface area contributed by atoms with Gasteiger partial charge in [0.25, 0.3) is 0 Å². The minimum Gasteiger partial charge on any atom is -0.481 e. The maximum atomic E-state index is 13.6. The molecule has 10 nitrogen and oxygen atoms in total. The first-order valence-electron chi connectivity index (χ1n) is 12.1. The molecule has 0 bridgehead atoms. The van der Waals surface area contributed by atoms with Crippen LogP contribution in [0.2, 0.25) is 0 Å². The highest BCUT2D eigenvalue weighted by Gasteiger charge is 2.51. The quantitative estimate of drug-likeness (QED) is 0.589. The van der Waals surface area contributed by atoms with Crippen molar-refractivity contribution in [2.75, 3.05) is 20.1 Å². The molecule has 2 heterocycles. The van der Waals surface area contributed by atoms with Gasteiger partial charge in [-0.1, -0.05) is 42.5 Å². The molecule has 0 spiro atoms. The zero-order valence-corrected chi connectivity index (χ0v) is 20.7. The lowest BCUT2D eigenvalue weighted by atomic mass is 9.98. The monoisotopic (exact) mass is 511 g/mol. The van der Waals surface area contributed by atoms with Crippen LogP contribution >= 0.6 is 0 Å². The van der Waals surface area contributed by atoms with Crippen LogP contribution in [0.25, 0.3) is 0 Å². The van der Waals surface area contributed by atoms with E-state index in [0.29, 0.717) is 5.56 Å². The average Bonchev–Trinajstić information content (AvgIpc) is 2.87. The van der Waals surface area contributed by atoms with Gasteiger partial charge < -0.3 is 20.2 Å². The first kappa shape index (κ1) is 26.1. The predicted octanol–water partition coefficient (Wildman–Crippen LogP) is 2.19. The van der Waals surface area contributed by atoms with Gasteiger partial charge in [0.1, 0.15) is 18.0 Å². The van der Waals surface area contributed by atoms with Crippen molar-refractivity contribution < 1.29 is 28.7 Å². The number of fused-ring (bicyclic) bond motifs is 1. The number of piperazine rings is 1. The molecule has 196 valence electrons. The topological polar surface area (TPSA) is 114 Å². The van der Waals surface area contributed by atoms with Crippen LogP contribution in [0, 0.1) is 5.82 Å². The molecular weight excluding hydrogens is 481 g/mol. The lowest BCUT2D eigenvalue weighted by Gasteiger charge is -2.55. The first-order valence-corrected chi connectivity index (χ1v) is 12.1. The van der Waals surface area contributed by atoms with Crippen LogP contribution < -0.4 is 5.32 Å². The van der Waals surface area contributed by atoms with E-state index in [9.17, 15) is 28.7 Å². The van der Waals surface area contributed by atoms with Crippen LogP contribution in [0.15, 0.2) is 54.6 Å². The molecule has 2 fully saturated rings. The largest absolute Gasteiger partial charge is 0.481 e. The van der Waals surface area contributed by atoms with Crippen molar-refractivity contribution in [3.63, 3.8) is 0 Å². The molecule has 11 heteroatoms. The van der Waals surface area contributed by atoms with Crippen LogP contribution in [0.5, 0.6) is 0 Å². The lowest BCUT2D eigenvalue weighted by molar-refractivity contribution is -0.189. The SMILES string of the molecule is C[C@@H](c1ccccc1)N1C[C@H]2N(C(=O)CN(C)N2C(=O)NCc2ccc(F)cc2)[C@@H](CCC(=O)O)C1=O. The summed E-state index contributed by atoms with van der Waals surface area (Å²) in [6.07, 6.45) is -1.20. The Kier molecular flexibility index (Phi) is 7.72. The second-order valence-corrected chi connectivity index (χ2v) is 9.25. The highest BCUT2D eigenvalue weighted by molar-refractivity contribution is 5.92. The Bertz CT molecular complexity index is 1160. The molecule has 2 N–H and O–H groups in total. The summed E-state index contributed by atoms with van der Waals surface area (Å²) in [5.74, 6) is -2.16. The Hall–Kier alpha value is -3.99. The Balaban J connectivity index is 1.63. The van der Waals surface area contributed by atoms with E-state index in [-0.39, 0.29) is 56.1 Å². The van der Waals surface area contributed by atoms with E-state index in [0.717, 1.165) is 5.56 Å². The summed E-state index contributed by atoms with van der Waals surface area (Å²) in [4.78, 5) is 54.5. The number of amides is 4. The molecule has 3 atom stereocenters. The second kappa shape index (κ2) is 11.0. The lowest BCUT2D eigenvalue weighted by Crippen LogP contribution is -2.76. The maximum Gasteiger partial charge on any atom is 0.334 e. The summed E-state index contributed by atoms with van der Waals surface area (Å²) in [6.45, 7) is 1.91. The van der Waals surface area contributed by atoms with Crippen molar-refractivity contribution in [3.05, 3.63) is 71.5 Å². The van der Waals surface area contributed by atoms with Crippen LogP contribution in [0.4, 0.5) is 9.18 Å². The molecule has 4 amide bonds. The second-order valence-electron chi connectivity index (χ2n) is 9.25. The number of nitrogens with zero attached hydrogens (tertiary/aromatic N) is 4. The molecule has 37 heavy (non-hydrogen) atoms. The van der Waals surface area contributed by atoms with Crippen molar-refractivity contribution in [2.24, 2.45) is 0 Å². The van der Waals surface area contributed by atoms with Crippen molar-refractivity contribution in [2.45, 2.75) is 44.6 Å². The Morgan fingerprint density at radius 2 is 1.78 bits per heavy atom. The standard InChI is InChI=1S/C26H30FN5O5/c1-17(19-6-4-3-5-7-19)30-15-22-31(21(25(30)36)12-13-24(34)35)23(33)16-29(2)32(22)26(37)28-14-18-8-10-20(27)11-9-18/h3-11,17,21-22H,12-16H2,1-2H3,(H,28,37)(H,34,35)/t17-,21-,22-/m0/s1. The summed E-state index contributed by atoms with van der Waals surface area (Å²) < 4.78 is 13.2. The fourth-order valence-electron chi connectivity index (χ4n) is 4.92. The van der Waals surface area contributed by atoms with Gasteiger partial charge in [-0.2, -0.15) is 0 Å². The maximum absolute atomic E-state index is 13.6. The van der Waals surface area contributed by atoms with Gasteiger partial charge in [0.15, 0.2) is 0 Å². The molecule has 2 aliphatic rings. The number of rotatable bonds is 7. The number of urea groups is 1. The Morgan fingerprint density at radius 1 is 1.11 bits per heavy atom. The van der Waals surface area contributed by atoms with E-state index >= 15 is 0 Å². The fraction of sp³-hybridized carbons (Fsp3) is 0.385. The summed E-state index contributed by atoms with van der Waals surface area (Å²) in [7, 11) is 1.61. The van der Waals surface area contributed by atoms with Crippen molar-refractivity contribution in [1.29, 1.82) is 0 Å². The number of hydrogen-bond donors (Lipinski definition) is 2. The van der Waals surface area contributed by atoms with Crippen LogP contribution in [0.1, 0.15) is 36.9 Å². The third-order valence-electron chi connectivity index (χ3n) is 6.83. The molecule has 2 aliphatic heterocycles. The minimum absolute atomic E-state index is 0.0541. The average molecular weight is 512 g/mol. The molecular formula is C26H30FN5O5. The minimum atomic E-state index is -1.08. The van der Waals surface area contributed by atoms with Crippen molar-refractivity contribution in [1.82, 2.24) is 25.1 Å². The van der Waals surface area contributed by atoms with E-state index in [1.54, 1.807) is 24.1 Å². The molecule has 2 aromatic rings. The van der Waals surface area contributed by atoms with Gasteiger partial charge in [-0.05, 0) is 36.6 Å². The summed E-state index contributed by atoms with van der Waals surface area (Å²) in [5.41, 5.74) is 1.57. The molecule has 0 radical (unpaired) electrons. The molecule has 2 saturated heterocycles. The Labute approximate surface area is 214 Å². The van der Waals surface area contributed by atoms with E-state index in [2.05, 4.69) is 5.32 Å². The van der Waals surface area contributed by atoms with Gasteiger partial charge in [0, 0.05) is 20.0 Å². The van der Waals surface area contributed by atoms with Crippen LogP contribution in [-0.2, 0) is 20.9 Å². The number of benzene rings is 2. The summed E-state index contributed by atoms with van der Waals surface area (Å²) in [5, 5.41) is 15.0. The number of aliphatic carboxylic acids is 1. The van der Waals surface area contributed by atoms with Crippen molar-refractivity contribution >= 4 is 23.8 Å². The molecule has 0 saturated carbocycles. The molecule has 0 unspecified atom stereocenters. The Morgan fingerprint density at radius 3 is 2.43 bits per heavy atom. The van der Waals surface area contributed by atoms with Crippen LogP contribution in [-0.4, -0.2) is 81.1 Å². The summed E-state index contributed by atoms with van der Waals surface area (Å²) >= 11 is 0. The smallest absolute Gasteiger partial charge is 0.334 e. The number of nitrogens with one attached hydrogen (secondary N) is 1. The molecule has 4 rings (SSSR count). The number of hydrogen-bond acceptors (Lipinski definition) is 5. The number of carbonyl (C=O) groups excluding carboxylic acids is 3. The highest BCUT2D eigenvalue weighted by atomic mass is 19.1. The van der Waals surface area contributed by atoms with Gasteiger partial charge in [0.05, 0.1) is 19.1 Å². The van der Waals surface area contributed by atoms with E-state index < -0.39 is 24.2 Å². The zero-order chi connectivity index (χ0) is 26.7. The zero-order valence-electron chi connectivity index (χ0n) is 20.7. The van der Waals surface area contributed by atoms with Gasteiger partial charge in [-0.25, -0.2) is 19.2 Å². The van der Waals surface area contributed by atoms with E-state index in [1.165, 1.54) is 27.1 Å². The molecule has 0 aliphatic carbocycles. The third-order valence-corrected chi connectivity index (χ3v) is 6.83.